The second-order valence-electron chi connectivity index (χ2n) is 4.71. The number of carbonyl (C=O) groups is 1. The molecule has 0 aliphatic carbocycles. The molecule has 20 heavy (non-hydrogen) atoms. The van der Waals surface area contributed by atoms with Crippen molar-refractivity contribution in [3.05, 3.63) is 33.9 Å². The van der Waals surface area contributed by atoms with Gasteiger partial charge in [0, 0.05) is 13.2 Å². The summed E-state index contributed by atoms with van der Waals surface area (Å²) in [6, 6.07) is 3.59. The number of nitrogens with one attached hydrogen (secondary N) is 1. The maximum Gasteiger partial charge on any atom is 0.311 e. The molecule has 1 amide bonds. The summed E-state index contributed by atoms with van der Waals surface area (Å²) >= 11 is 0. The lowest BCUT2D eigenvalue weighted by Gasteiger charge is -2.21. The number of benzene rings is 1. The van der Waals surface area contributed by atoms with E-state index in [9.17, 15) is 20.0 Å². The van der Waals surface area contributed by atoms with Crippen molar-refractivity contribution >= 4 is 11.6 Å². The van der Waals surface area contributed by atoms with Crippen molar-refractivity contribution in [2.45, 2.75) is 19.9 Å². The fraction of sp³-hybridized carbons (Fsp3) is 0.462. The first kappa shape index (κ1) is 15.9. The molecule has 0 radical (unpaired) electrons. The molecule has 0 saturated carbocycles. The molecule has 0 fully saturated rings. The first-order valence-electron chi connectivity index (χ1n) is 6.14. The van der Waals surface area contributed by atoms with Crippen LogP contribution in [0, 0.1) is 16.0 Å². The molecule has 110 valence electrons. The number of para-hydroxylation sites is 1. The van der Waals surface area contributed by atoms with Crippen molar-refractivity contribution in [1.29, 1.82) is 0 Å². The van der Waals surface area contributed by atoms with E-state index in [1.165, 1.54) is 19.2 Å². The number of hydrogen-bond donors (Lipinski definition) is 2. The quantitative estimate of drug-likeness (QED) is 0.610. The summed E-state index contributed by atoms with van der Waals surface area (Å²) in [6.45, 7) is 4.15. The van der Waals surface area contributed by atoms with Gasteiger partial charge in [0.25, 0.3) is 5.91 Å². The largest absolute Gasteiger partial charge is 0.502 e. The molecule has 0 aliphatic heterocycles. The zero-order chi connectivity index (χ0) is 15.3. The standard InChI is InChI=1S/C13H18N2O5/c1-8(2)10(7-20-3)14-13(17)9-5-4-6-11(12(9)16)15(18)19/h4-6,8,10,16H,7H2,1-3H3,(H,14,17). The van der Waals surface area contributed by atoms with Gasteiger partial charge in [0.1, 0.15) is 0 Å². The van der Waals surface area contributed by atoms with E-state index in [2.05, 4.69) is 5.32 Å². The van der Waals surface area contributed by atoms with Crippen LogP contribution in [0.15, 0.2) is 18.2 Å². The molecular weight excluding hydrogens is 264 g/mol. The van der Waals surface area contributed by atoms with Gasteiger partial charge in [-0.1, -0.05) is 19.9 Å². The molecule has 7 heteroatoms. The molecule has 2 N–H and O–H groups in total. The van der Waals surface area contributed by atoms with E-state index < -0.39 is 22.3 Å². The van der Waals surface area contributed by atoms with E-state index in [0.717, 1.165) is 6.07 Å². The van der Waals surface area contributed by atoms with Gasteiger partial charge in [-0.25, -0.2) is 0 Å². The summed E-state index contributed by atoms with van der Waals surface area (Å²) in [4.78, 5) is 22.1. The number of rotatable bonds is 6. The Balaban J connectivity index is 2.98. The predicted molar refractivity (Wildman–Crippen MR) is 72.7 cm³/mol. The summed E-state index contributed by atoms with van der Waals surface area (Å²) in [6.07, 6.45) is 0. The molecule has 1 unspecified atom stereocenters. The van der Waals surface area contributed by atoms with Crippen LogP contribution in [0.25, 0.3) is 0 Å². The highest BCUT2D eigenvalue weighted by Crippen LogP contribution is 2.29. The molecule has 0 aromatic heterocycles. The van der Waals surface area contributed by atoms with E-state index in [1.54, 1.807) is 0 Å². The number of amides is 1. The van der Waals surface area contributed by atoms with Crippen molar-refractivity contribution in [3.63, 3.8) is 0 Å². The van der Waals surface area contributed by atoms with Gasteiger partial charge in [0.15, 0.2) is 0 Å². The number of carbonyl (C=O) groups excluding carboxylic acids is 1. The third-order valence-corrected chi connectivity index (χ3v) is 2.92. The number of methoxy groups -OCH3 is 1. The monoisotopic (exact) mass is 282 g/mol. The molecule has 1 rings (SSSR count). The summed E-state index contributed by atoms with van der Waals surface area (Å²) in [5.74, 6) is -1.07. The maximum atomic E-state index is 12.1. The van der Waals surface area contributed by atoms with Gasteiger partial charge in [-0.05, 0) is 12.0 Å². The number of phenolic OH excluding ortho intramolecular Hbond substituents is 1. The molecule has 0 spiro atoms. The highest BCUT2D eigenvalue weighted by molar-refractivity contribution is 5.98. The first-order chi connectivity index (χ1) is 9.38. The Bertz CT molecular complexity index is 502. The van der Waals surface area contributed by atoms with Gasteiger partial charge in [0.05, 0.1) is 23.1 Å². The van der Waals surface area contributed by atoms with E-state index in [-0.39, 0.29) is 17.5 Å². The number of hydrogen-bond acceptors (Lipinski definition) is 5. The van der Waals surface area contributed by atoms with Crippen molar-refractivity contribution in [1.82, 2.24) is 5.32 Å². The van der Waals surface area contributed by atoms with E-state index in [0.29, 0.717) is 6.61 Å². The minimum Gasteiger partial charge on any atom is -0.502 e. The third-order valence-electron chi connectivity index (χ3n) is 2.92. The third kappa shape index (κ3) is 3.67. The molecule has 0 saturated heterocycles. The van der Waals surface area contributed by atoms with Crippen LogP contribution in [-0.4, -0.2) is 35.7 Å². The minimum absolute atomic E-state index is 0.124. The van der Waals surface area contributed by atoms with Crippen LogP contribution in [0.3, 0.4) is 0 Å². The molecule has 1 aromatic rings. The average molecular weight is 282 g/mol. The van der Waals surface area contributed by atoms with E-state index >= 15 is 0 Å². The topological polar surface area (TPSA) is 102 Å². The summed E-state index contributed by atoms with van der Waals surface area (Å²) < 4.78 is 5.01. The van der Waals surface area contributed by atoms with Crippen LogP contribution in [0.1, 0.15) is 24.2 Å². The Hall–Kier alpha value is -2.15. The lowest BCUT2D eigenvalue weighted by Crippen LogP contribution is -2.41. The van der Waals surface area contributed by atoms with Crippen LogP contribution < -0.4 is 5.32 Å². The maximum absolute atomic E-state index is 12.1. The Labute approximate surface area is 116 Å². The number of aromatic hydroxyl groups is 1. The predicted octanol–water partition coefficient (Wildman–Crippen LogP) is 1.70. The molecule has 7 nitrogen and oxygen atoms in total. The van der Waals surface area contributed by atoms with E-state index in [4.69, 9.17) is 4.74 Å². The Kier molecular flexibility index (Phi) is 5.45. The second-order valence-corrected chi connectivity index (χ2v) is 4.71. The first-order valence-corrected chi connectivity index (χ1v) is 6.14. The number of phenols is 1. The molecule has 0 aliphatic rings. The van der Waals surface area contributed by atoms with Gasteiger partial charge >= 0.3 is 5.69 Å². The van der Waals surface area contributed by atoms with Crippen LogP contribution in [0.5, 0.6) is 5.75 Å². The minimum atomic E-state index is -0.735. The zero-order valence-electron chi connectivity index (χ0n) is 11.6. The Morgan fingerprint density at radius 2 is 2.15 bits per heavy atom. The summed E-state index contributed by atoms with van der Waals surface area (Å²) in [7, 11) is 1.52. The van der Waals surface area contributed by atoms with Crippen LogP contribution in [-0.2, 0) is 4.74 Å². The van der Waals surface area contributed by atoms with Crippen LogP contribution >= 0.6 is 0 Å². The van der Waals surface area contributed by atoms with E-state index in [1.807, 2.05) is 13.8 Å². The normalized spacial score (nSPS) is 12.2. The highest BCUT2D eigenvalue weighted by Gasteiger charge is 2.23. The SMILES string of the molecule is COCC(NC(=O)c1cccc([N+](=O)[O-])c1O)C(C)C. The Morgan fingerprint density at radius 1 is 1.50 bits per heavy atom. The molecule has 0 heterocycles. The van der Waals surface area contributed by atoms with Gasteiger partial charge in [0.2, 0.25) is 5.75 Å². The van der Waals surface area contributed by atoms with Gasteiger partial charge in [-0.2, -0.15) is 0 Å². The van der Waals surface area contributed by atoms with Crippen molar-refractivity contribution in [3.8, 4) is 5.75 Å². The lowest BCUT2D eigenvalue weighted by atomic mass is 10.0. The fourth-order valence-corrected chi connectivity index (χ4v) is 1.69. The van der Waals surface area contributed by atoms with Crippen molar-refractivity contribution < 1.29 is 19.6 Å². The highest BCUT2D eigenvalue weighted by atomic mass is 16.6. The smallest absolute Gasteiger partial charge is 0.311 e. The Morgan fingerprint density at radius 3 is 2.65 bits per heavy atom. The number of nitrogens with zero attached hydrogens (tertiary/aromatic N) is 1. The van der Waals surface area contributed by atoms with Crippen LogP contribution in [0.4, 0.5) is 5.69 Å². The number of nitro groups is 1. The fourth-order valence-electron chi connectivity index (χ4n) is 1.69. The number of nitro benzene ring substituents is 1. The molecule has 0 bridgehead atoms. The van der Waals surface area contributed by atoms with Gasteiger partial charge in [-0.3, -0.25) is 14.9 Å². The number of ether oxygens (including phenoxy) is 1. The lowest BCUT2D eigenvalue weighted by molar-refractivity contribution is -0.385. The summed E-state index contributed by atoms with van der Waals surface area (Å²) in [5, 5.41) is 23.2. The summed E-state index contributed by atoms with van der Waals surface area (Å²) in [5.41, 5.74) is -0.619. The zero-order valence-corrected chi connectivity index (χ0v) is 11.6. The van der Waals surface area contributed by atoms with Crippen molar-refractivity contribution in [2.24, 2.45) is 5.92 Å². The van der Waals surface area contributed by atoms with Gasteiger partial charge < -0.3 is 15.2 Å². The van der Waals surface area contributed by atoms with Crippen molar-refractivity contribution in [2.75, 3.05) is 13.7 Å². The molecular formula is C13H18N2O5. The molecule has 1 atom stereocenters. The molecule has 1 aromatic carbocycles. The van der Waals surface area contributed by atoms with Crippen LogP contribution in [0.2, 0.25) is 0 Å². The van der Waals surface area contributed by atoms with Gasteiger partial charge in [-0.15, -0.1) is 0 Å². The second kappa shape index (κ2) is 6.85. The average Bonchev–Trinajstić information content (AvgIpc) is 2.37.